The van der Waals surface area contributed by atoms with Crippen molar-refractivity contribution in [2.45, 2.75) is 64.7 Å². The van der Waals surface area contributed by atoms with Crippen LogP contribution in [0.2, 0.25) is 0 Å². The molecule has 0 saturated heterocycles. The number of carbonyl (C=O) groups is 1. The Morgan fingerprint density at radius 2 is 1.33 bits per heavy atom. The minimum Gasteiger partial charge on any atom is -0.494 e. The standard InChI is InChI=1S/C34H40O2/c1-28(2)31-22-17-29(18-23-31)14-10-7-5-3-4-6-8-13-27-36-33-24-19-30(20-25-33)21-26-34(35)32-15-11-9-12-16-32/h9,11-12,15-26H,1,3-8,10,13-14,27H2,2H3/b26-21+. The highest BCUT2D eigenvalue weighted by atomic mass is 16.5. The van der Waals surface area contributed by atoms with Crippen LogP contribution < -0.4 is 4.74 Å². The SMILES string of the molecule is C=C(C)c1ccc(CCCCCCCCCCOc2ccc(/C=C/C(=O)c3ccccc3)cc2)cc1. The van der Waals surface area contributed by atoms with Crippen LogP contribution >= 0.6 is 0 Å². The summed E-state index contributed by atoms with van der Waals surface area (Å²) in [5.74, 6) is 0.900. The van der Waals surface area contributed by atoms with Gasteiger partial charge in [-0.15, -0.1) is 0 Å². The molecule has 0 heterocycles. The normalized spacial score (nSPS) is 11.0. The number of benzene rings is 3. The van der Waals surface area contributed by atoms with Gasteiger partial charge in [0, 0.05) is 5.56 Å². The molecule has 0 aliphatic heterocycles. The summed E-state index contributed by atoms with van der Waals surface area (Å²) < 4.78 is 5.88. The third-order valence-corrected chi connectivity index (χ3v) is 6.44. The van der Waals surface area contributed by atoms with E-state index in [1.165, 1.54) is 62.5 Å². The molecule has 0 N–H and O–H groups in total. The first-order valence-corrected chi connectivity index (χ1v) is 13.4. The molecule has 0 unspecified atom stereocenters. The second-order valence-electron chi connectivity index (χ2n) is 9.54. The van der Waals surface area contributed by atoms with Gasteiger partial charge in [0.05, 0.1) is 6.61 Å². The van der Waals surface area contributed by atoms with Gasteiger partial charge < -0.3 is 4.74 Å². The zero-order valence-electron chi connectivity index (χ0n) is 21.8. The van der Waals surface area contributed by atoms with E-state index in [2.05, 4.69) is 37.8 Å². The van der Waals surface area contributed by atoms with Crippen LogP contribution in [0.4, 0.5) is 0 Å². The van der Waals surface area contributed by atoms with Crippen LogP contribution in [0.25, 0.3) is 11.6 Å². The Kier molecular flexibility index (Phi) is 11.8. The predicted molar refractivity (Wildman–Crippen MR) is 154 cm³/mol. The summed E-state index contributed by atoms with van der Waals surface area (Å²) >= 11 is 0. The molecule has 0 saturated carbocycles. The fourth-order valence-electron chi connectivity index (χ4n) is 4.18. The minimum absolute atomic E-state index is 0.0146. The van der Waals surface area contributed by atoms with Crippen LogP contribution in [0.3, 0.4) is 0 Å². The van der Waals surface area contributed by atoms with E-state index < -0.39 is 0 Å². The van der Waals surface area contributed by atoms with Crippen LogP contribution in [-0.2, 0) is 6.42 Å². The maximum absolute atomic E-state index is 12.2. The molecule has 0 aromatic heterocycles. The Balaban J connectivity index is 1.18. The van der Waals surface area contributed by atoms with Crippen molar-refractivity contribution in [1.29, 1.82) is 0 Å². The monoisotopic (exact) mass is 480 g/mol. The van der Waals surface area contributed by atoms with E-state index in [4.69, 9.17) is 4.74 Å². The molecule has 0 spiro atoms. The zero-order chi connectivity index (χ0) is 25.4. The predicted octanol–water partition coefficient (Wildman–Crippen LogP) is 9.36. The summed E-state index contributed by atoms with van der Waals surface area (Å²) in [6, 6.07) is 26.1. The van der Waals surface area contributed by atoms with Crippen LogP contribution in [0.15, 0.2) is 91.5 Å². The molecule has 0 aliphatic carbocycles. The number of rotatable bonds is 16. The van der Waals surface area contributed by atoms with E-state index in [-0.39, 0.29) is 5.78 Å². The van der Waals surface area contributed by atoms with Crippen molar-refractivity contribution in [1.82, 2.24) is 0 Å². The van der Waals surface area contributed by atoms with Crippen LogP contribution in [-0.4, -0.2) is 12.4 Å². The number of hydrogen-bond donors (Lipinski definition) is 0. The molecule has 0 amide bonds. The maximum atomic E-state index is 12.2. The van der Waals surface area contributed by atoms with Gasteiger partial charge >= 0.3 is 0 Å². The van der Waals surface area contributed by atoms with Crippen molar-refractivity contribution in [2.24, 2.45) is 0 Å². The first-order valence-electron chi connectivity index (χ1n) is 13.4. The number of ketones is 1. The van der Waals surface area contributed by atoms with Gasteiger partial charge in [0.15, 0.2) is 5.78 Å². The summed E-state index contributed by atoms with van der Waals surface area (Å²) in [6.45, 7) is 6.81. The Bertz CT molecular complexity index is 1080. The highest BCUT2D eigenvalue weighted by molar-refractivity contribution is 6.06. The first-order chi connectivity index (χ1) is 17.6. The Hall–Kier alpha value is -3.39. The number of hydrogen-bond acceptors (Lipinski definition) is 2. The Labute approximate surface area is 217 Å². The fourth-order valence-corrected chi connectivity index (χ4v) is 4.18. The quantitative estimate of drug-likeness (QED) is 0.116. The van der Waals surface area contributed by atoms with Gasteiger partial charge in [-0.1, -0.05) is 123 Å². The van der Waals surface area contributed by atoms with E-state index in [9.17, 15) is 4.79 Å². The van der Waals surface area contributed by atoms with Crippen molar-refractivity contribution in [3.8, 4) is 5.75 Å². The largest absolute Gasteiger partial charge is 0.494 e. The van der Waals surface area contributed by atoms with Crippen molar-refractivity contribution < 1.29 is 9.53 Å². The number of ether oxygens (including phenoxy) is 1. The lowest BCUT2D eigenvalue weighted by atomic mass is 10.0. The van der Waals surface area contributed by atoms with Gasteiger partial charge in [0.1, 0.15) is 5.75 Å². The van der Waals surface area contributed by atoms with Gasteiger partial charge in [-0.2, -0.15) is 0 Å². The summed E-state index contributed by atoms with van der Waals surface area (Å²) in [5, 5.41) is 0. The van der Waals surface area contributed by atoms with E-state index in [0.717, 1.165) is 29.9 Å². The van der Waals surface area contributed by atoms with Crippen LogP contribution in [0.1, 0.15) is 85.3 Å². The zero-order valence-corrected chi connectivity index (χ0v) is 21.8. The molecule has 188 valence electrons. The highest BCUT2D eigenvalue weighted by Crippen LogP contribution is 2.17. The molecule has 0 aliphatic rings. The number of allylic oxidation sites excluding steroid dienone is 2. The van der Waals surface area contributed by atoms with Crippen LogP contribution in [0.5, 0.6) is 5.75 Å². The molecule has 36 heavy (non-hydrogen) atoms. The second kappa shape index (κ2) is 15.6. The van der Waals surface area contributed by atoms with E-state index >= 15 is 0 Å². The molecule has 0 radical (unpaired) electrons. The Morgan fingerprint density at radius 3 is 1.97 bits per heavy atom. The maximum Gasteiger partial charge on any atom is 0.185 e. The Morgan fingerprint density at radius 1 is 0.722 bits per heavy atom. The molecule has 0 bridgehead atoms. The molecule has 0 fully saturated rings. The lowest BCUT2D eigenvalue weighted by molar-refractivity contribution is 0.104. The average molecular weight is 481 g/mol. The third kappa shape index (κ3) is 10.1. The number of aryl methyl sites for hydroxylation is 1. The van der Waals surface area contributed by atoms with Gasteiger partial charge in [0.2, 0.25) is 0 Å². The molecule has 2 heteroatoms. The topological polar surface area (TPSA) is 26.3 Å². The van der Waals surface area contributed by atoms with Crippen LogP contribution in [0, 0.1) is 0 Å². The summed E-state index contributed by atoms with van der Waals surface area (Å²) in [7, 11) is 0. The van der Waals surface area contributed by atoms with Crippen molar-refractivity contribution >= 4 is 17.4 Å². The molecule has 0 atom stereocenters. The number of carbonyl (C=O) groups excluding carboxylic acids is 1. The molecular formula is C34H40O2. The molecule has 3 aromatic carbocycles. The second-order valence-corrected chi connectivity index (χ2v) is 9.54. The third-order valence-electron chi connectivity index (χ3n) is 6.44. The summed E-state index contributed by atoms with van der Waals surface area (Å²) in [6.07, 6.45) is 14.8. The number of unbranched alkanes of at least 4 members (excludes halogenated alkanes) is 7. The minimum atomic E-state index is 0.0146. The first kappa shape index (κ1) is 27.2. The van der Waals surface area contributed by atoms with E-state index in [1.807, 2.05) is 60.7 Å². The average Bonchev–Trinajstić information content (AvgIpc) is 2.91. The van der Waals surface area contributed by atoms with Crippen molar-refractivity contribution in [3.63, 3.8) is 0 Å². The van der Waals surface area contributed by atoms with Gasteiger partial charge in [-0.05, 0) is 61.1 Å². The fraction of sp³-hybridized carbons (Fsp3) is 0.324. The smallest absolute Gasteiger partial charge is 0.185 e. The molecule has 3 rings (SSSR count). The highest BCUT2D eigenvalue weighted by Gasteiger charge is 2.00. The molecule has 2 nitrogen and oxygen atoms in total. The summed E-state index contributed by atoms with van der Waals surface area (Å²) in [5.41, 5.74) is 5.50. The molecular weight excluding hydrogens is 440 g/mol. The lowest BCUT2D eigenvalue weighted by Crippen LogP contribution is -1.97. The molecule has 3 aromatic rings. The van der Waals surface area contributed by atoms with E-state index in [1.54, 1.807) is 6.08 Å². The van der Waals surface area contributed by atoms with Gasteiger partial charge in [-0.3, -0.25) is 4.79 Å². The van der Waals surface area contributed by atoms with Crippen molar-refractivity contribution in [3.05, 3.63) is 114 Å². The lowest BCUT2D eigenvalue weighted by Gasteiger charge is -2.07. The van der Waals surface area contributed by atoms with Gasteiger partial charge in [-0.25, -0.2) is 0 Å². The van der Waals surface area contributed by atoms with Gasteiger partial charge in [0.25, 0.3) is 0 Å². The summed E-state index contributed by atoms with van der Waals surface area (Å²) in [4.78, 5) is 12.2. The van der Waals surface area contributed by atoms with E-state index in [0.29, 0.717) is 5.56 Å². The van der Waals surface area contributed by atoms with Crippen molar-refractivity contribution in [2.75, 3.05) is 6.61 Å².